The second-order valence-electron chi connectivity index (χ2n) is 9.08. The summed E-state index contributed by atoms with van der Waals surface area (Å²) in [5.41, 5.74) is 1.85. The number of amides is 1. The fourth-order valence-corrected chi connectivity index (χ4v) is 4.16. The van der Waals surface area contributed by atoms with Gasteiger partial charge in [0.2, 0.25) is 0 Å². The number of thiazole rings is 1. The first kappa shape index (κ1) is 28.3. The van der Waals surface area contributed by atoms with Gasteiger partial charge in [-0.1, -0.05) is 30.3 Å². The molecule has 0 radical (unpaired) electrons. The number of ether oxygens (including phenoxy) is 3. The number of nitrogens with zero attached hydrogens (tertiary/aromatic N) is 2. The Morgan fingerprint density at radius 2 is 1.73 bits per heavy atom. The van der Waals surface area contributed by atoms with E-state index in [1.807, 2.05) is 40.3 Å². The molecule has 0 atom stereocenters. The molecule has 7 nitrogen and oxygen atoms in total. The van der Waals surface area contributed by atoms with Gasteiger partial charge in [-0.05, 0) is 57.0 Å². The molecule has 1 heterocycles. The fourth-order valence-electron chi connectivity index (χ4n) is 3.23. The SMILES string of the molecule is CC(C)(C)OC(=O)NCCCn1c(COCc2ccccc2)csc1=Nc1ccc(OC(F)(F)F)cc1. The van der Waals surface area contributed by atoms with Crippen LogP contribution in [-0.4, -0.2) is 29.2 Å². The van der Waals surface area contributed by atoms with Crippen LogP contribution in [0, 0.1) is 0 Å². The van der Waals surface area contributed by atoms with Gasteiger partial charge >= 0.3 is 12.5 Å². The van der Waals surface area contributed by atoms with E-state index in [1.165, 1.54) is 35.6 Å². The van der Waals surface area contributed by atoms with E-state index in [-0.39, 0.29) is 5.75 Å². The van der Waals surface area contributed by atoms with E-state index in [9.17, 15) is 18.0 Å². The molecular weight excluding hydrogens is 507 g/mol. The number of nitrogens with one attached hydrogen (secondary N) is 1. The van der Waals surface area contributed by atoms with Crippen molar-refractivity contribution in [3.05, 3.63) is 76.0 Å². The summed E-state index contributed by atoms with van der Waals surface area (Å²) < 4.78 is 54.4. The number of carbonyl (C=O) groups is 1. The van der Waals surface area contributed by atoms with Crippen molar-refractivity contribution in [3.8, 4) is 5.75 Å². The number of halogens is 3. The zero-order valence-electron chi connectivity index (χ0n) is 20.9. The van der Waals surface area contributed by atoms with Crippen LogP contribution >= 0.6 is 11.3 Å². The summed E-state index contributed by atoms with van der Waals surface area (Å²) >= 11 is 1.40. The molecule has 0 aliphatic rings. The largest absolute Gasteiger partial charge is 0.573 e. The standard InChI is InChI=1S/C26H30F3N3O4S/c1-25(2,3)36-24(33)30-14-7-15-32-21(17-34-16-19-8-5-4-6-9-19)18-37-23(32)31-20-10-12-22(13-11-20)35-26(27,28)29/h4-6,8-13,18H,7,14-17H2,1-3H3,(H,30,33). The summed E-state index contributed by atoms with van der Waals surface area (Å²) in [6.45, 7) is 7.12. The molecule has 2 aromatic carbocycles. The Balaban J connectivity index is 1.71. The quantitative estimate of drug-likeness (QED) is 0.308. The molecule has 0 saturated heterocycles. The van der Waals surface area contributed by atoms with E-state index in [0.717, 1.165) is 11.3 Å². The summed E-state index contributed by atoms with van der Waals surface area (Å²) in [6.07, 6.45) is -4.63. The smallest absolute Gasteiger partial charge is 0.444 e. The number of benzene rings is 2. The zero-order chi connectivity index (χ0) is 26.9. The lowest BCUT2D eigenvalue weighted by atomic mass is 10.2. The molecule has 0 saturated carbocycles. The molecule has 3 rings (SSSR count). The van der Waals surface area contributed by atoms with Gasteiger partial charge < -0.3 is 24.1 Å². The van der Waals surface area contributed by atoms with Crippen molar-refractivity contribution in [1.29, 1.82) is 0 Å². The molecule has 3 aromatic rings. The zero-order valence-corrected chi connectivity index (χ0v) is 21.7. The summed E-state index contributed by atoms with van der Waals surface area (Å²) in [5, 5.41) is 4.68. The van der Waals surface area contributed by atoms with E-state index in [4.69, 9.17) is 9.47 Å². The fraction of sp³-hybridized carbons (Fsp3) is 0.385. The third-order valence-corrected chi connectivity index (χ3v) is 5.67. The molecule has 0 fully saturated rings. The van der Waals surface area contributed by atoms with Crippen molar-refractivity contribution < 1.29 is 32.2 Å². The minimum atomic E-state index is -4.75. The Morgan fingerprint density at radius 1 is 1.03 bits per heavy atom. The molecule has 37 heavy (non-hydrogen) atoms. The summed E-state index contributed by atoms with van der Waals surface area (Å²) in [6, 6.07) is 15.2. The second-order valence-corrected chi connectivity index (χ2v) is 9.91. The maximum Gasteiger partial charge on any atom is 0.573 e. The van der Waals surface area contributed by atoms with Crippen molar-refractivity contribution >= 4 is 23.1 Å². The Kier molecular flexibility index (Phi) is 9.76. The van der Waals surface area contributed by atoms with Crippen molar-refractivity contribution in [3.63, 3.8) is 0 Å². The maximum absolute atomic E-state index is 12.4. The highest BCUT2D eigenvalue weighted by molar-refractivity contribution is 7.07. The van der Waals surface area contributed by atoms with Crippen molar-refractivity contribution in [2.45, 2.75) is 58.9 Å². The highest BCUT2D eigenvalue weighted by Gasteiger charge is 2.30. The minimum Gasteiger partial charge on any atom is -0.444 e. The molecule has 0 aliphatic heterocycles. The van der Waals surface area contributed by atoms with E-state index in [0.29, 0.717) is 43.2 Å². The molecule has 1 N–H and O–H groups in total. The number of hydrogen-bond donors (Lipinski definition) is 1. The number of rotatable bonds is 10. The van der Waals surface area contributed by atoms with E-state index < -0.39 is 18.1 Å². The van der Waals surface area contributed by atoms with Crippen molar-refractivity contribution in [2.75, 3.05) is 6.54 Å². The average Bonchev–Trinajstić information content (AvgIpc) is 3.18. The van der Waals surface area contributed by atoms with Crippen LogP contribution in [0.15, 0.2) is 65.0 Å². The van der Waals surface area contributed by atoms with Gasteiger partial charge in [0.05, 0.1) is 24.6 Å². The predicted octanol–water partition coefficient (Wildman–Crippen LogP) is 6.31. The molecule has 0 spiro atoms. The molecule has 0 aliphatic carbocycles. The average molecular weight is 538 g/mol. The first-order valence-corrected chi connectivity index (χ1v) is 12.5. The van der Waals surface area contributed by atoms with Gasteiger partial charge in [0, 0.05) is 18.5 Å². The first-order valence-electron chi connectivity index (χ1n) is 11.6. The lowest BCUT2D eigenvalue weighted by Gasteiger charge is -2.19. The van der Waals surface area contributed by atoms with Crippen molar-refractivity contribution in [1.82, 2.24) is 9.88 Å². The van der Waals surface area contributed by atoms with Gasteiger partial charge in [-0.15, -0.1) is 24.5 Å². The summed E-state index contributed by atoms with van der Waals surface area (Å²) in [7, 11) is 0. The Labute approximate surface area is 217 Å². The molecule has 1 amide bonds. The van der Waals surface area contributed by atoms with Crippen LogP contribution in [0.5, 0.6) is 5.75 Å². The van der Waals surface area contributed by atoms with Crippen LogP contribution in [0.2, 0.25) is 0 Å². The number of carbonyl (C=O) groups excluding carboxylic acids is 1. The Bertz CT molecular complexity index is 1200. The highest BCUT2D eigenvalue weighted by Crippen LogP contribution is 2.24. The molecule has 0 bridgehead atoms. The van der Waals surface area contributed by atoms with Gasteiger partial charge in [0.15, 0.2) is 4.80 Å². The van der Waals surface area contributed by atoms with Gasteiger partial charge in [0.25, 0.3) is 0 Å². The molecular formula is C26H30F3N3O4S. The number of hydrogen-bond acceptors (Lipinski definition) is 6. The monoisotopic (exact) mass is 537 g/mol. The van der Waals surface area contributed by atoms with Gasteiger partial charge in [-0.2, -0.15) is 0 Å². The van der Waals surface area contributed by atoms with E-state index >= 15 is 0 Å². The molecule has 11 heteroatoms. The van der Waals surface area contributed by atoms with Gasteiger partial charge in [-0.25, -0.2) is 9.79 Å². The summed E-state index contributed by atoms with van der Waals surface area (Å²) in [5.74, 6) is -0.311. The summed E-state index contributed by atoms with van der Waals surface area (Å²) in [4.78, 5) is 17.2. The van der Waals surface area contributed by atoms with Gasteiger partial charge in [0.1, 0.15) is 11.4 Å². The van der Waals surface area contributed by atoms with Crippen LogP contribution in [0.25, 0.3) is 0 Å². The topological polar surface area (TPSA) is 74.1 Å². The lowest BCUT2D eigenvalue weighted by molar-refractivity contribution is -0.274. The predicted molar refractivity (Wildman–Crippen MR) is 134 cm³/mol. The third-order valence-electron chi connectivity index (χ3n) is 4.76. The van der Waals surface area contributed by atoms with Gasteiger partial charge in [-0.3, -0.25) is 0 Å². The number of aromatic nitrogens is 1. The van der Waals surface area contributed by atoms with Crippen LogP contribution in [-0.2, 0) is 29.2 Å². The molecule has 1 aromatic heterocycles. The third kappa shape index (κ3) is 10.3. The van der Waals surface area contributed by atoms with E-state index in [1.54, 1.807) is 20.8 Å². The van der Waals surface area contributed by atoms with Crippen LogP contribution in [0.3, 0.4) is 0 Å². The molecule has 200 valence electrons. The highest BCUT2D eigenvalue weighted by atomic mass is 32.1. The second kappa shape index (κ2) is 12.8. The van der Waals surface area contributed by atoms with Crippen LogP contribution in [0.4, 0.5) is 23.7 Å². The number of alkyl halides is 3. The maximum atomic E-state index is 12.4. The Morgan fingerprint density at radius 3 is 2.38 bits per heavy atom. The Hall–Kier alpha value is -3.31. The first-order chi connectivity index (χ1) is 17.5. The minimum absolute atomic E-state index is 0.311. The number of alkyl carbamates (subject to hydrolysis) is 1. The van der Waals surface area contributed by atoms with E-state index in [2.05, 4.69) is 15.0 Å². The lowest BCUT2D eigenvalue weighted by Crippen LogP contribution is -2.33. The van der Waals surface area contributed by atoms with Crippen molar-refractivity contribution in [2.24, 2.45) is 4.99 Å². The normalized spacial score (nSPS) is 12.4. The van der Waals surface area contributed by atoms with Crippen LogP contribution in [0.1, 0.15) is 38.4 Å². The van der Waals surface area contributed by atoms with Crippen LogP contribution < -0.4 is 14.9 Å². The molecule has 0 unspecified atom stereocenters.